The Hall–Kier alpha value is -0.390. The van der Waals surface area contributed by atoms with E-state index in [9.17, 15) is 4.89 Å². The molecule has 1 aromatic rings. The first-order chi connectivity index (χ1) is 8.78. The van der Waals surface area contributed by atoms with Crippen LogP contribution in [0.3, 0.4) is 0 Å². The predicted molar refractivity (Wildman–Crippen MR) is 90.5 cm³/mol. The van der Waals surface area contributed by atoms with Gasteiger partial charge in [-0.05, 0) is 38.2 Å². The number of rotatable bonds is 1. The van der Waals surface area contributed by atoms with Crippen molar-refractivity contribution in [2.24, 2.45) is 0 Å². The molecule has 1 aromatic carbocycles. The quantitative estimate of drug-likeness (QED) is 0.713. The largest absolute Gasteiger partial charge is 0.828 e. The van der Waals surface area contributed by atoms with E-state index >= 15 is 0 Å². The van der Waals surface area contributed by atoms with E-state index in [-0.39, 0.29) is 16.2 Å². The van der Waals surface area contributed by atoms with Gasteiger partial charge in [0, 0.05) is 0 Å². The lowest BCUT2D eigenvalue weighted by molar-refractivity contribution is -0.147. The van der Waals surface area contributed by atoms with Crippen molar-refractivity contribution in [3.8, 4) is 0 Å². The van der Waals surface area contributed by atoms with Gasteiger partial charge in [0.2, 0.25) is 0 Å². The fourth-order valence-corrected chi connectivity index (χ4v) is 3.48. The molecule has 0 aliphatic rings. The second-order valence-electron chi connectivity index (χ2n) is 8.80. The molecule has 1 atom stereocenters. The van der Waals surface area contributed by atoms with E-state index < -0.39 is 8.81 Å². The fraction of sp³-hybridized carbons (Fsp3) is 0.667. The molecule has 1 rings (SSSR count). The van der Waals surface area contributed by atoms with Crippen molar-refractivity contribution < 1.29 is 4.89 Å². The minimum absolute atomic E-state index is 0.00794. The Bertz CT molecular complexity index is 447. The molecule has 114 valence electrons. The van der Waals surface area contributed by atoms with Crippen molar-refractivity contribution >= 4 is 14.1 Å². The van der Waals surface area contributed by atoms with Crippen molar-refractivity contribution in [1.29, 1.82) is 0 Å². The monoisotopic (exact) mass is 293 g/mol. The molecule has 0 saturated carbocycles. The Morgan fingerprint density at radius 2 is 1.05 bits per heavy atom. The Balaban J connectivity index is 3.75. The molecule has 0 N–H and O–H groups in total. The van der Waals surface area contributed by atoms with Gasteiger partial charge >= 0.3 is 0 Å². The van der Waals surface area contributed by atoms with Crippen LogP contribution in [0.4, 0.5) is 0 Å². The van der Waals surface area contributed by atoms with E-state index in [2.05, 4.69) is 74.4 Å². The van der Waals surface area contributed by atoms with Crippen molar-refractivity contribution in [2.45, 2.75) is 78.6 Å². The van der Waals surface area contributed by atoms with Crippen molar-refractivity contribution in [1.82, 2.24) is 0 Å². The van der Waals surface area contributed by atoms with E-state index in [1.165, 1.54) is 16.7 Å². The van der Waals surface area contributed by atoms with Gasteiger partial charge in [0.15, 0.2) is 0 Å². The summed E-state index contributed by atoms with van der Waals surface area (Å²) in [4.78, 5) is 11.9. The molecule has 0 spiro atoms. The Kier molecular flexibility index (Phi) is 4.79. The summed E-state index contributed by atoms with van der Waals surface area (Å²) in [6, 6.07) is 4.52. The van der Waals surface area contributed by atoms with Crippen LogP contribution in [-0.4, -0.2) is 0 Å². The number of benzene rings is 1. The molecule has 0 radical (unpaired) electrons. The standard InChI is InChI=1S/C18H30OP/c1-16(2,3)12-10-13(17(4,5)6)15(20-19)14(11-12)18(7,8)9/h10-11,20H,1-9H3/q-1. The minimum Gasteiger partial charge on any atom is -0.828 e. The first kappa shape index (κ1) is 17.7. The van der Waals surface area contributed by atoms with Gasteiger partial charge in [-0.25, -0.2) is 0 Å². The topological polar surface area (TPSA) is 23.1 Å². The summed E-state index contributed by atoms with van der Waals surface area (Å²) < 4.78 is 0. The van der Waals surface area contributed by atoms with Gasteiger partial charge in [-0.3, -0.25) is 0 Å². The summed E-state index contributed by atoms with van der Waals surface area (Å²) in [6.45, 7) is 19.9. The van der Waals surface area contributed by atoms with E-state index in [4.69, 9.17) is 0 Å². The van der Waals surface area contributed by atoms with Crippen molar-refractivity contribution in [3.05, 3.63) is 28.8 Å². The Morgan fingerprint density at radius 3 is 1.25 bits per heavy atom. The lowest BCUT2D eigenvalue weighted by atomic mass is 9.75. The van der Waals surface area contributed by atoms with Crippen LogP contribution in [0.15, 0.2) is 12.1 Å². The molecule has 1 unspecified atom stereocenters. The van der Waals surface area contributed by atoms with E-state index in [0.29, 0.717) is 0 Å². The maximum Gasteiger partial charge on any atom is -0.0126 e. The number of hydrogen-bond acceptors (Lipinski definition) is 1. The first-order valence-electron chi connectivity index (χ1n) is 7.36. The van der Waals surface area contributed by atoms with Crippen LogP contribution >= 0.6 is 8.81 Å². The SMILES string of the molecule is CC(C)(C)c1cc(C(C)(C)C)c(P[O-])c(C(C)(C)C)c1. The summed E-state index contributed by atoms with van der Waals surface area (Å²) in [5, 5.41) is 1.03. The van der Waals surface area contributed by atoms with Gasteiger partial charge in [-0.15, -0.1) is 0 Å². The summed E-state index contributed by atoms with van der Waals surface area (Å²) in [5.74, 6) is 0. The molecule has 0 saturated heterocycles. The van der Waals surface area contributed by atoms with Crippen LogP contribution in [0, 0.1) is 0 Å². The highest BCUT2D eigenvalue weighted by molar-refractivity contribution is 7.39. The molecule has 0 fully saturated rings. The van der Waals surface area contributed by atoms with Gasteiger partial charge in [-0.1, -0.05) is 74.4 Å². The van der Waals surface area contributed by atoms with Crippen LogP contribution in [0.1, 0.15) is 79.0 Å². The van der Waals surface area contributed by atoms with Crippen molar-refractivity contribution in [3.63, 3.8) is 0 Å². The van der Waals surface area contributed by atoms with Crippen LogP contribution in [0.2, 0.25) is 0 Å². The Labute approximate surface area is 127 Å². The molecular weight excluding hydrogens is 263 g/mol. The third-order valence-corrected chi connectivity index (χ3v) is 4.47. The van der Waals surface area contributed by atoms with E-state index in [1.807, 2.05) is 0 Å². The minimum atomic E-state index is -0.395. The van der Waals surface area contributed by atoms with Crippen molar-refractivity contribution in [2.75, 3.05) is 0 Å². The Morgan fingerprint density at radius 1 is 0.700 bits per heavy atom. The number of hydrogen-bond donors (Lipinski definition) is 0. The summed E-state index contributed by atoms with van der Waals surface area (Å²) >= 11 is 0. The maximum absolute atomic E-state index is 11.9. The van der Waals surface area contributed by atoms with Gasteiger partial charge in [0.05, 0.1) is 0 Å². The van der Waals surface area contributed by atoms with Crippen LogP contribution < -0.4 is 10.2 Å². The van der Waals surface area contributed by atoms with Crippen LogP contribution in [0.5, 0.6) is 0 Å². The summed E-state index contributed by atoms with van der Waals surface area (Å²) in [6.07, 6.45) is 0. The molecule has 0 amide bonds. The van der Waals surface area contributed by atoms with E-state index in [1.54, 1.807) is 0 Å². The summed E-state index contributed by atoms with van der Waals surface area (Å²) in [7, 11) is -0.395. The highest BCUT2D eigenvalue weighted by Gasteiger charge is 2.27. The molecule has 0 bridgehead atoms. The molecule has 1 nitrogen and oxygen atoms in total. The lowest BCUT2D eigenvalue weighted by Crippen LogP contribution is -2.31. The second-order valence-corrected chi connectivity index (χ2v) is 9.50. The molecule has 2 heteroatoms. The molecular formula is C18H30OP-. The lowest BCUT2D eigenvalue weighted by Gasteiger charge is -2.34. The molecule has 0 aromatic heterocycles. The third-order valence-electron chi connectivity index (χ3n) is 3.72. The highest BCUT2D eigenvalue weighted by atomic mass is 31.1. The van der Waals surface area contributed by atoms with Gasteiger partial charge in [0.25, 0.3) is 0 Å². The third kappa shape index (κ3) is 3.83. The average molecular weight is 293 g/mol. The van der Waals surface area contributed by atoms with E-state index in [0.717, 1.165) is 5.30 Å². The van der Waals surface area contributed by atoms with Gasteiger partial charge < -0.3 is 4.89 Å². The molecule has 0 heterocycles. The molecule has 0 aliphatic carbocycles. The van der Waals surface area contributed by atoms with Gasteiger partial charge in [0.1, 0.15) is 0 Å². The zero-order chi connectivity index (χ0) is 15.9. The smallest absolute Gasteiger partial charge is 0.0126 e. The normalized spacial score (nSPS) is 14.3. The zero-order valence-electron chi connectivity index (χ0n) is 14.6. The van der Waals surface area contributed by atoms with Crippen LogP contribution in [0.25, 0.3) is 0 Å². The maximum atomic E-state index is 11.9. The second kappa shape index (κ2) is 5.43. The average Bonchev–Trinajstić information content (AvgIpc) is 2.23. The molecule has 0 aliphatic heterocycles. The highest BCUT2D eigenvalue weighted by Crippen LogP contribution is 2.35. The fourth-order valence-electron chi connectivity index (χ4n) is 2.37. The van der Waals surface area contributed by atoms with Crippen LogP contribution in [-0.2, 0) is 16.2 Å². The molecule has 20 heavy (non-hydrogen) atoms. The first-order valence-corrected chi connectivity index (χ1v) is 8.27. The summed E-state index contributed by atoms with van der Waals surface area (Å²) in [5.41, 5.74) is 3.90. The zero-order valence-corrected chi connectivity index (χ0v) is 15.6. The van der Waals surface area contributed by atoms with Gasteiger partial charge in [-0.2, -0.15) is 8.81 Å². The predicted octanol–water partition coefficient (Wildman–Crippen LogP) is 4.16.